The monoisotopic (exact) mass is 304 g/mol. The lowest BCUT2D eigenvalue weighted by Crippen LogP contribution is -2.26. The van der Waals surface area contributed by atoms with Crippen LogP contribution in [0, 0.1) is 25.2 Å². The van der Waals surface area contributed by atoms with Crippen molar-refractivity contribution in [3.63, 3.8) is 0 Å². The molecule has 0 N–H and O–H groups in total. The van der Waals surface area contributed by atoms with Gasteiger partial charge in [0.1, 0.15) is 11.4 Å². The Labute approximate surface area is 133 Å². The lowest BCUT2D eigenvalue weighted by atomic mass is 9.69. The summed E-state index contributed by atoms with van der Waals surface area (Å²) in [4.78, 5) is 21.0. The predicted octanol–water partition coefficient (Wildman–Crippen LogP) is 4.20. The largest absolute Gasteiger partial charge is 0.465 e. The smallest absolute Gasteiger partial charge is 0.341 e. The van der Waals surface area contributed by atoms with E-state index in [1.54, 1.807) is 0 Å². The zero-order chi connectivity index (χ0) is 16.5. The lowest BCUT2D eigenvalue weighted by molar-refractivity contribution is 0.0597. The maximum Gasteiger partial charge on any atom is 0.341 e. The van der Waals surface area contributed by atoms with Gasteiger partial charge >= 0.3 is 5.97 Å². The maximum atomic E-state index is 11.8. The molecule has 0 spiro atoms. The standard InChI is InChI=1S/C18H28N2O2/c1-11-15(17(21)22-6)12(2)20-16(19-11)13-7-9-14(10-8-13)18(3,4)5/h13-14H,7-10H2,1-6H3. The van der Waals surface area contributed by atoms with E-state index in [4.69, 9.17) is 4.74 Å². The van der Waals surface area contributed by atoms with Gasteiger partial charge in [-0.2, -0.15) is 0 Å². The van der Waals surface area contributed by atoms with E-state index in [1.807, 2.05) is 13.8 Å². The van der Waals surface area contributed by atoms with Crippen LogP contribution in [0.5, 0.6) is 0 Å². The van der Waals surface area contributed by atoms with Crippen molar-refractivity contribution in [2.45, 2.75) is 66.2 Å². The van der Waals surface area contributed by atoms with Crippen molar-refractivity contribution in [1.82, 2.24) is 9.97 Å². The Balaban J connectivity index is 2.17. The topological polar surface area (TPSA) is 52.1 Å². The first-order valence-corrected chi connectivity index (χ1v) is 8.17. The summed E-state index contributed by atoms with van der Waals surface area (Å²) >= 11 is 0. The van der Waals surface area contributed by atoms with Crippen molar-refractivity contribution >= 4 is 5.97 Å². The molecule has 22 heavy (non-hydrogen) atoms. The van der Waals surface area contributed by atoms with Crippen LogP contribution in [0.4, 0.5) is 0 Å². The predicted molar refractivity (Wildman–Crippen MR) is 87.0 cm³/mol. The van der Waals surface area contributed by atoms with E-state index in [9.17, 15) is 4.79 Å². The highest BCUT2D eigenvalue weighted by atomic mass is 16.5. The van der Waals surface area contributed by atoms with Crippen LogP contribution in [-0.2, 0) is 4.74 Å². The summed E-state index contributed by atoms with van der Waals surface area (Å²) in [6.07, 6.45) is 4.74. The summed E-state index contributed by atoms with van der Waals surface area (Å²) in [7, 11) is 1.39. The summed E-state index contributed by atoms with van der Waals surface area (Å²) in [6, 6.07) is 0. The van der Waals surface area contributed by atoms with E-state index in [0.29, 0.717) is 16.9 Å². The van der Waals surface area contributed by atoms with Crippen LogP contribution in [0.3, 0.4) is 0 Å². The number of hydrogen-bond donors (Lipinski definition) is 0. The number of hydrogen-bond acceptors (Lipinski definition) is 4. The molecule has 1 fully saturated rings. The summed E-state index contributed by atoms with van der Waals surface area (Å²) in [5.74, 6) is 1.75. The fourth-order valence-electron chi connectivity index (χ4n) is 3.54. The lowest BCUT2D eigenvalue weighted by Gasteiger charge is -2.36. The van der Waals surface area contributed by atoms with Crippen molar-refractivity contribution in [2.75, 3.05) is 7.11 Å². The van der Waals surface area contributed by atoms with E-state index in [2.05, 4.69) is 30.7 Å². The van der Waals surface area contributed by atoms with Gasteiger partial charge in [0, 0.05) is 5.92 Å². The second-order valence-corrected chi connectivity index (χ2v) is 7.53. The minimum atomic E-state index is -0.349. The minimum absolute atomic E-state index is 0.349. The number of nitrogens with zero attached hydrogens (tertiary/aromatic N) is 2. The van der Waals surface area contributed by atoms with Gasteiger partial charge in [0.25, 0.3) is 0 Å². The SMILES string of the molecule is COC(=O)c1c(C)nc(C2CCC(C(C)(C)C)CC2)nc1C. The zero-order valence-electron chi connectivity index (χ0n) is 14.7. The van der Waals surface area contributed by atoms with Crippen LogP contribution in [-0.4, -0.2) is 23.0 Å². The number of ether oxygens (including phenoxy) is 1. The quantitative estimate of drug-likeness (QED) is 0.768. The molecule has 0 aromatic carbocycles. The first-order valence-electron chi connectivity index (χ1n) is 8.17. The Morgan fingerprint density at radius 1 is 1.05 bits per heavy atom. The van der Waals surface area contributed by atoms with Gasteiger partial charge < -0.3 is 4.74 Å². The molecular formula is C18H28N2O2. The number of carbonyl (C=O) groups is 1. The van der Waals surface area contributed by atoms with Gasteiger partial charge in [-0.05, 0) is 50.9 Å². The number of aryl methyl sites for hydroxylation is 2. The molecule has 0 aliphatic heterocycles. The molecule has 1 aromatic rings. The molecule has 122 valence electrons. The summed E-state index contributed by atoms with van der Waals surface area (Å²) in [6.45, 7) is 10.7. The van der Waals surface area contributed by atoms with Crippen molar-refractivity contribution in [1.29, 1.82) is 0 Å². The zero-order valence-corrected chi connectivity index (χ0v) is 14.7. The Bertz CT molecular complexity index is 530. The van der Waals surface area contributed by atoms with Gasteiger partial charge in [0.2, 0.25) is 0 Å². The molecule has 0 atom stereocenters. The molecule has 0 amide bonds. The molecule has 0 bridgehead atoms. The van der Waals surface area contributed by atoms with Crippen LogP contribution in [0.2, 0.25) is 0 Å². The van der Waals surface area contributed by atoms with Crippen molar-refractivity contribution in [3.05, 3.63) is 22.8 Å². The summed E-state index contributed by atoms with van der Waals surface area (Å²) in [5, 5.41) is 0. The van der Waals surface area contributed by atoms with Crippen molar-refractivity contribution in [3.8, 4) is 0 Å². The molecule has 4 heteroatoms. The molecular weight excluding hydrogens is 276 g/mol. The third-order valence-corrected chi connectivity index (χ3v) is 4.99. The third kappa shape index (κ3) is 3.47. The van der Waals surface area contributed by atoms with Crippen LogP contribution < -0.4 is 0 Å². The normalized spacial score (nSPS) is 22.5. The third-order valence-electron chi connectivity index (χ3n) is 4.99. The van der Waals surface area contributed by atoms with Gasteiger partial charge in [-0.25, -0.2) is 14.8 Å². The van der Waals surface area contributed by atoms with Crippen LogP contribution in [0.25, 0.3) is 0 Å². The molecule has 1 saturated carbocycles. The van der Waals surface area contributed by atoms with E-state index in [0.717, 1.165) is 36.0 Å². The highest BCUT2D eigenvalue weighted by Crippen LogP contribution is 2.42. The molecule has 1 aliphatic rings. The van der Waals surface area contributed by atoms with Gasteiger partial charge in [-0.15, -0.1) is 0 Å². The van der Waals surface area contributed by atoms with E-state index >= 15 is 0 Å². The van der Waals surface area contributed by atoms with Crippen molar-refractivity contribution < 1.29 is 9.53 Å². The molecule has 0 radical (unpaired) electrons. The number of esters is 1. The second kappa shape index (κ2) is 6.35. The number of methoxy groups -OCH3 is 1. The average molecular weight is 304 g/mol. The van der Waals surface area contributed by atoms with Gasteiger partial charge in [-0.3, -0.25) is 0 Å². The van der Waals surface area contributed by atoms with E-state index < -0.39 is 0 Å². The first-order chi connectivity index (χ1) is 10.2. The molecule has 1 heterocycles. The summed E-state index contributed by atoms with van der Waals surface area (Å²) < 4.78 is 4.82. The highest BCUT2D eigenvalue weighted by Gasteiger charge is 2.31. The molecule has 2 rings (SSSR count). The fraction of sp³-hybridized carbons (Fsp3) is 0.722. The molecule has 0 unspecified atom stereocenters. The highest BCUT2D eigenvalue weighted by molar-refractivity contribution is 5.91. The van der Waals surface area contributed by atoms with Gasteiger partial charge in [0.05, 0.1) is 18.5 Å². The Kier molecular flexibility index (Phi) is 4.88. The molecule has 1 aromatic heterocycles. The second-order valence-electron chi connectivity index (χ2n) is 7.53. The Morgan fingerprint density at radius 2 is 1.55 bits per heavy atom. The number of carbonyl (C=O) groups excluding carboxylic acids is 1. The number of rotatable bonds is 2. The van der Waals surface area contributed by atoms with Gasteiger partial charge in [0.15, 0.2) is 0 Å². The van der Waals surface area contributed by atoms with Crippen LogP contribution >= 0.6 is 0 Å². The molecule has 0 saturated heterocycles. The van der Waals surface area contributed by atoms with Gasteiger partial charge in [-0.1, -0.05) is 20.8 Å². The minimum Gasteiger partial charge on any atom is -0.465 e. The Morgan fingerprint density at radius 3 is 1.95 bits per heavy atom. The number of aromatic nitrogens is 2. The fourth-order valence-corrected chi connectivity index (χ4v) is 3.54. The van der Waals surface area contributed by atoms with Crippen LogP contribution in [0.1, 0.15) is 79.9 Å². The molecule has 1 aliphatic carbocycles. The van der Waals surface area contributed by atoms with E-state index in [-0.39, 0.29) is 5.97 Å². The average Bonchev–Trinajstić information content (AvgIpc) is 2.45. The van der Waals surface area contributed by atoms with Crippen molar-refractivity contribution in [2.24, 2.45) is 11.3 Å². The first kappa shape index (κ1) is 16.9. The maximum absolute atomic E-state index is 11.8. The van der Waals surface area contributed by atoms with E-state index in [1.165, 1.54) is 20.0 Å². The summed E-state index contributed by atoms with van der Waals surface area (Å²) in [5.41, 5.74) is 2.35. The molecule has 4 nitrogen and oxygen atoms in total. The Hall–Kier alpha value is -1.45. The van der Waals surface area contributed by atoms with Crippen LogP contribution in [0.15, 0.2) is 0 Å².